The summed E-state index contributed by atoms with van der Waals surface area (Å²) in [6.45, 7) is 2.07. The molecule has 1 N–H and O–H groups in total. The van der Waals surface area contributed by atoms with Crippen LogP contribution in [0.2, 0.25) is 0 Å². The molecular weight excluding hydrogens is 263 g/mol. The zero-order chi connectivity index (χ0) is 10.7. The van der Waals surface area contributed by atoms with Crippen molar-refractivity contribution in [1.29, 1.82) is 0 Å². The smallest absolute Gasteiger partial charge is 0.187 e. The number of rotatable bonds is 3. The minimum atomic E-state index is 0. The zero-order valence-corrected chi connectivity index (χ0v) is 11.1. The molecule has 0 radical (unpaired) electrons. The molecule has 1 aromatic heterocycles. The Bertz CT molecular complexity index is 457. The summed E-state index contributed by atoms with van der Waals surface area (Å²) in [5.74, 6) is 0.464. The molecule has 0 amide bonds. The standard InChI is InChI=1S/C11H11ClN2S.ClH/c1-8-4-2-3-5-10(8)14-11-13-9(6-12)7-15-11;/h2-5,7H,6H2,1H3,(H,13,14);1H. The van der Waals surface area contributed by atoms with Crippen molar-refractivity contribution in [3.05, 3.63) is 40.9 Å². The third-order valence-corrected chi connectivity index (χ3v) is 3.16. The second-order valence-corrected chi connectivity index (χ2v) is 4.34. The van der Waals surface area contributed by atoms with Crippen molar-refractivity contribution in [2.45, 2.75) is 12.8 Å². The SMILES string of the molecule is Cc1ccccc1Nc1nc(CCl)cs1.Cl. The van der Waals surface area contributed by atoms with Crippen LogP contribution in [-0.4, -0.2) is 4.98 Å². The van der Waals surface area contributed by atoms with Gasteiger partial charge in [0.05, 0.1) is 11.6 Å². The molecule has 0 fully saturated rings. The van der Waals surface area contributed by atoms with E-state index in [4.69, 9.17) is 11.6 Å². The number of thiazole rings is 1. The van der Waals surface area contributed by atoms with Crippen molar-refractivity contribution in [3.8, 4) is 0 Å². The Kier molecular flexibility index (Phi) is 5.06. The molecule has 1 heterocycles. The second kappa shape index (κ2) is 6.09. The van der Waals surface area contributed by atoms with Gasteiger partial charge in [-0.25, -0.2) is 4.98 Å². The van der Waals surface area contributed by atoms with E-state index in [2.05, 4.69) is 23.3 Å². The summed E-state index contributed by atoms with van der Waals surface area (Å²) < 4.78 is 0. The monoisotopic (exact) mass is 274 g/mol. The topological polar surface area (TPSA) is 24.9 Å². The number of aromatic nitrogens is 1. The lowest BCUT2D eigenvalue weighted by molar-refractivity contribution is 1.22. The first-order valence-electron chi connectivity index (χ1n) is 4.62. The van der Waals surface area contributed by atoms with E-state index in [0.717, 1.165) is 16.5 Å². The third-order valence-electron chi connectivity index (χ3n) is 2.08. The van der Waals surface area contributed by atoms with E-state index in [1.54, 1.807) is 11.3 Å². The first kappa shape index (κ1) is 13.3. The van der Waals surface area contributed by atoms with Crippen LogP contribution >= 0.6 is 35.3 Å². The largest absolute Gasteiger partial charge is 0.331 e. The van der Waals surface area contributed by atoms with Gasteiger partial charge >= 0.3 is 0 Å². The highest BCUT2D eigenvalue weighted by molar-refractivity contribution is 7.13. The lowest BCUT2D eigenvalue weighted by Gasteiger charge is -2.05. The second-order valence-electron chi connectivity index (χ2n) is 3.22. The summed E-state index contributed by atoms with van der Waals surface area (Å²) in [7, 11) is 0. The molecule has 5 heteroatoms. The van der Waals surface area contributed by atoms with Crippen molar-refractivity contribution in [3.63, 3.8) is 0 Å². The number of hydrogen-bond donors (Lipinski definition) is 1. The van der Waals surface area contributed by atoms with E-state index >= 15 is 0 Å². The van der Waals surface area contributed by atoms with Crippen molar-refractivity contribution in [1.82, 2.24) is 4.98 Å². The van der Waals surface area contributed by atoms with Crippen molar-refractivity contribution >= 4 is 46.2 Å². The summed E-state index contributed by atoms with van der Waals surface area (Å²) in [5, 5.41) is 6.13. The fourth-order valence-corrected chi connectivity index (χ4v) is 2.21. The Balaban J connectivity index is 0.00000128. The molecule has 0 saturated carbocycles. The molecule has 0 atom stereocenters. The summed E-state index contributed by atoms with van der Waals surface area (Å²) >= 11 is 7.26. The summed E-state index contributed by atoms with van der Waals surface area (Å²) in [6.07, 6.45) is 0. The maximum Gasteiger partial charge on any atom is 0.187 e. The fourth-order valence-electron chi connectivity index (χ4n) is 1.25. The van der Waals surface area contributed by atoms with E-state index in [1.807, 2.05) is 23.6 Å². The quantitative estimate of drug-likeness (QED) is 0.842. The van der Waals surface area contributed by atoms with Crippen LogP contribution < -0.4 is 5.32 Å². The third kappa shape index (κ3) is 3.11. The van der Waals surface area contributed by atoms with Gasteiger partial charge in [0.2, 0.25) is 0 Å². The molecule has 16 heavy (non-hydrogen) atoms. The number of para-hydroxylation sites is 1. The van der Waals surface area contributed by atoms with Gasteiger partial charge < -0.3 is 5.32 Å². The molecule has 2 rings (SSSR count). The van der Waals surface area contributed by atoms with Crippen LogP contribution in [0.1, 0.15) is 11.3 Å². The average molecular weight is 275 g/mol. The predicted molar refractivity (Wildman–Crippen MR) is 73.4 cm³/mol. The molecule has 2 nitrogen and oxygen atoms in total. The average Bonchev–Trinajstić information content (AvgIpc) is 2.69. The maximum absolute atomic E-state index is 5.69. The van der Waals surface area contributed by atoms with Gasteiger partial charge in [-0.05, 0) is 18.6 Å². The Morgan fingerprint density at radius 2 is 2.12 bits per heavy atom. The summed E-state index contributed by atoms with van der Waals surface area (Å²) in [4.78, 5) is 4.34. The van der Waals surface area contributed by atoms with Crippen LogP contribution in [0.25, 0.3) is 0 Å². The number of halogens is 2. The van der Waals surface area contributed by atoms with E-state index in [0.29, 0.717) is 5.88 Å². The van der Waals surface area contributed by atoms with Gasteiger partial charge in [-0.15, -0.1) is 35.3 Å². The number of nitrogens with one attached hydrogen (secondary N) is 1. The predicted octanol–water partition coefficient (Wildman–Crippen LogP) is 4.36. The van der Waals surface area contributed by atoms with Gasteiger partial charge in [0.15, 0.2) is 5.13 Å². The highest BCUT2D eigenvalue weighted by Gasteiger charge is 2.02. The van der Waals surface area contributed by atoms with Crippen LogP contribution in [0.3, 0.4) is 0 Å². The molecule has 0 bridgehead atoms. The Labute approximate surface area is 110 Å². The molecule has 0 saturated heterocycles. The number of hydrogen-bond acceptors (Lipinski definition) is 3. The van der Waals surface area contributed by atoms with Crippen LogP contribution in [0.4, 0.5) is 10.8 Å². The van der Waals surface area contributed by atoms with E-state index in [1.165, 1.54) is 5.56 Å². The van der Waals surface area contributed by atoms with Crippen LogP contribution in [-0.2, 0) is 5.88 Å². The number of anilines is 2. The normalized spacial score (nSPS) is 9.62. The van der Waals surface area contributed by atoms with E-state index in [9.17, 15) is 0 Å². The Morgan fingerprint density at radius 3 is 2.75 bits per heavy atom. The van der Waals surface area contributed by atoms with Gasteiger partial charge in [-0.1, -0.05) is 18.2 Å². The van der Waals surface area contributed by atoms with Crippen LogP contribution in [0, 0.1) is 6.92 Å². The van der Waals surface area contributed by atoms with E-state index in [-0.39, 0.29) is 12.4 Å². The van der Waals surface area contributed by atoms with Crippen LogP contribution in [0.15, 0.2) is 29.6 Å². The molecule has 0 aliphatic rings. The van der Waals surface area contributed by atoms with Gasteiger partial charge in [-0.3, -0.25) is 0 Å². The van der Waals surface area contributed by atoms with E-state index < -0.39 is 0 Å². The molecule has 86 valence electrons. The highest BCUT2D eigenvalue weighted by Crippen LogP contribution is 2.23. The minimum Gasteiger partial charge on any atom is -0.331 e. The molecule has 0 unspecified atom stereocenters. The lowest BCUT2D eigenvalue weighted by Crippen LogP contribution is -1.92. The highest BCUT2D eigenvalue weighted by atomic mass is 35.5. The zero-order valence-electron chi connectivity index (χ0n) is 8.74. The van der Waals surface area contributed by atoms with Crippen molar-refractivity contribution in [2.75, 3.05) is 5.32 Å². The first-order valence-corrected chi connectivity index (χ1v) is 6.04. The molecule has 0 spiro atoms. The van der Waals surface area contributed by atoms with Gasteiger partial charge in [0.25, 0.3) is 0 Å². The molecule has 2 aromatic rings. The van der Waals surface area contributed by atoms with Gasteiger partial charge in [0.1, 0.15) is 0 Å². The number of benzene rings is 1. The molecule has 1 aromatic carbocycles. The Morgan fingerprint density at radius 1 is 1.38 bits per heavy atom. The molecule has 0 aliphatic heterocycles. The van der Waals surface area contributed by atoms with Crippen molar-refractivity contribution in [2.24, 2.45) is 0 Å². The van der Waals surface area contributed by atoms with Gasteiger partial charge in [-0.2, -0.15) is 0 Å². The summed E-state index contributed by atoms with van der Waals surface area (Å²) in [5.41, 5.74) is 3.21. The minimum absolute atomic E-state index is 0. The number of nitrogens with zero attached hydrogens (tertiary/aromatic N) is 1. The summed E-state index contributed by atoms with van der Waals surface area (Å²) in [6, 6.07) is 8.13. The van der Waals surface area contributed by atoms with Crippen LogP contribution in [0.5, 0.6) is 0 Å². The first-order chi connectivity index (χ1) is 7.29. The Hall–Kier alpha value is -0.770. The van der Waals surface area contributed by atoms with Gasteiger partial charge in [0, 0.05) is 11.1 Å². The number of alkyl halides is 1. The van der Waals surface area contributed by atoms with Crippen molar-refractivity contribution < 1.29 is 0 Å². The lowest BCUT2D eigenvalue weighted by atomic mass is 10.2. The molecular formula is C11H12Cl2N2S. The fraction of sp³-hybridized carbons (Fsp3) is 0.182. The maximum atomic E-state index is 5.69. The number of aryl methyl sites for hydroxylation is 1. The molecule has 0 aliphatic carbocycles.